The molecule has 2 aromatic carbocycles. The monoisotopic (exact) mass is 293 g/mol. The Hall–Kier alpha value is -2.09. The van der Waals surface area contributed by atoms with Crippen LogP contribution in [0.1, 0.15) is 31.9 Å². The van der Waals surface area contributed by atoms with Gasteiger partial charge in [0.05, 0.1) is 6.54 Å². The number of hydrogen-bond donors (Lipinski definition) is 0. The molecule has 0 amide bonds. The van der Waals surface area contributed by atoms with Gasteiger partial charge in [-0.05, 0) is 17.7 Å². The molecule has 0 aliphatic carbocycles. The van der Waals surface area contributed by atoms with E-state index in [-0.39, 0.29) is 11.0 Å². The maximum absolute atomic E-state index is 6.45. The summed E-state index contributed by atoms with van der Waals surface area (Å²) in [6.45, 7) is 7.41. The molecular formula is C20H23NO. The standard InChI is InChI=1S/C20H23NO/c1-19(2,3)20(14-16-10-6-4-7-11-16)15-21-18(22-20)17-12-8-5-9-13-17/h4-13H,14-15H2,1-3H3. The first-order chi connectivity index (χ1) is 10.5. The molecule has 114 valence electrons. The van der Waals surface area contributed by atoms with Crippen LogP contribution in [0.3, 0.4) is 0 Å². The number of aliphatic imine (C=N–C) groups is 1. The molecule has 22 heavy (non-hydrogen) atoms. The van der Waals surface area contributed by atoms with Crippen molar-refractivity contribution >= 4 is 5.90 Å². The van der Waals surface area contributed by atoms with Gasteiger partial charge >= 0.3 is 0 Å². The van der Waals surface area contributed by atoms with Crippen LogP contribution in [0, 0.1) is 5.41 Å². The van der Waals surface area contributed by atoms with E-state index in [0.717, 1.165) is 17.9 Å². The van der Waals surface area contributed by atoms with Gasteiger partial charge in [-0.1, -0.05) is 69.3 Å². The molecule has 0 radical (unpaired) electrons. The van der Waals surface area contributed by atoms with Crippen LogP contribution >= 0.6 is 0 Å². The molecule has 0 bridgehead atoms. The molecule has 0 saturated carbocycles. The first-order valence-corrected chi connectivity index (χ1v) is 7.83. The topological polar surface area (TPSA) is 21.6 Å². The summed E-state index contributed by atoms with van der Waals surface area (Å²) in [4.78, 5) is 4.72. The fraction of sp³-hybridized carbons (Fsp3) is 0.350. The third-order valence-corrected chi connectivity index (χ3v) is 4.49. The third kappa shape index (κ3) is 2.78. The van der Waals surface area contributed by atoms with Gasteiger partial charge in [-0.3, -0.25) is 0 Å². The van der Waals surface area contributed by atoms with Crippen molar-refractivity contribution in [3.8, 4) is 0 Å². The summed E-state index contributed by atoms with van der Waals surface area (Å²) in [6, 6.07) is 20.7. The van der Waals surface area contributed by atoms with E-state index in [1.807, 2.05) is 18.2 Å². The van der Waals surface area contributed by atoms with Crippen molar-refractivity contribution in [2.24, 2.45) is 10.4 Å². The summed E-state index contributed by atoms with van der Waals surface area (Å²) in [7, 11) is 0. The van der Waals surface area contributed by atoms with Gasteiger partial charge in [0.15, 0.2) is 0 Å². The van der Waals surface area contributed by atoms with E-state index < -0.39 is 0 Å². The molecule has 0 saturated heterocycles. The SMILES string of the molecule is CC(C)(C)C1(Cc2ccccc2)CN=C(c2ccccc2)O1. The summed E-state index contributed by atoms with van der Waals surface area (Å²) in [6.07, 6.45) is 0.872. The van der Waals surface area contributed by atoms with Crippen molar-refractivity contribution in [1.29, 1.82) is 0 Å². The Kier molecular flexibility index (Phi) is 3.78. The number of benzene rings is 2. The van der Waals surface area contributed by atoms with E-state index in [1.54, 1.807) is 0 Å². The largest absolute Gasteiger partial charge is 0.468 e. The summed E-state index contributed by atoms with van der Waals surface area (Å²) in [5, 5.41) is 0. The zero-order chi connectivity index (χ0) is 15.6. The Balaban J connectivity index is 1.88. The summed E-state index contributed by atoms with van der Waals surface area (Å²) in [5.74, 6) is 0.770. The van der Waals surface area contributed by atoms with Gasteiger partial charge in [0.25, 0.3) is 0 Å². The van der Waals surface area contributed by atoms with Gasteiger partial charge in [-0.15, -0.1) is 0 Å². The highest BCUT2D eigenvalue weighted by Crippen LogP contribution is 2.41. The fourth-order valence-corrected chi connectivity index (χ4v) is 2.85. The molecular weight excluding hydrogens is 270 g/mol. The van der Waals surface area contributed by atoms with Crippen molar-refractivity contribution < 1.29 is 4.74 Å². The molecule has 1 atom stereocenters. The lowest BCUT2D eigenvalue weighted by Gasteiger charge is -2.40. The minimum atomic E-state index is -0.292. The van der Waals surface area contributed by atoms with Gasteiger partial charge in [0.2, 0.25) is 5.90 Å². The average Bonchev–Trinajstić information content (AvgIpc) is 2.94. The van der Waals surface area contributed by atoms with E-state index in [2.05, 4.69) is 63.2 Å². The Labute approximate surface area is 132 Å². The molecule has 2 aromatic rings. The number of nitrogens with zero attached hydrogens (tertiary/aromatic N) is 1. The van der Waals surface area contributed by atoms with Crippen LogP contribution in [0.15, 0.2) is 65.7 Å². The Morgan fingerprint density at radius 2 is 1.55 bits per heavy atom. The second kappa shape index (κ2) is 5.60. The van der Waals surface area contributed by atoms with Crippen molar-refractivity contribution in [3.05, 3.63) is 71.8 Å². The van der Waals surface area contributed by atoms with Crippen molar-refractivity contribution in [3.63, 3.8) is 0 Å². The Morgan fingerprint density at radius 1 is 0.955 bits per heavy atom. The first-order valence-electron chi connectivity index (χ1n) is 7.83. The zero-order valence-electron chi connectivity index (χ0n) is 13.5. The predicted octanol–water partition coefficient (Wildman–Crippen LogP) is 4.49. The van der Waals surface area contributed by atoms with Crippen LogP contribution in [0.4, 0.5) is 0 Å². The quantitative estimate of drug-likeness (QED) is 0.817. The molecule has 2 heteroatoms. The van der Waals surface area contributed by atoms with Crippen LogP contribution in [0.25, 0.3) is 0 Å². The molecule has 1 aliphatic heterocycles. The smallest absolute Gasteiger partial charge is 0.216 e. The molecule has 0 fully saturated rings. The molecule has 0 spiro atoms. The normalized spacial score (nSPS) is 21.3. The van der Waals surface area contributed by atoms with Crippen LogP contribution in [-0.4, -0.2) is 18.0 Å². The molecule has 2 nitrogen and oxygen atoms in total. The van der Waals surface area contributed by atoms with Gasteiger partial charge in [0.1, 0.15) is 5.60 Å². The molecule has 3 rings (SSSR count). The van der Waals surface area contributed by atoms with Crippen LogP contribution < -0.4 is 0 Å². The lowest BCUT2D eigenvalue weighted by Crippen LogP contribution is -2.48. The minimum absolute atomic E-state index is 0.00285. The number of ether oxygens (including phenoxy) is 1. The van der Waals surface area contributed by atoms with Crippen molar-refractivity contribution in [2.75, 3.05) is 6.54 Å². The third-order valence-electron chi connectivity index (χ3n) is 4.49. The zero-order valence-corrected chi connectivity index (χ0v) is 13.5. The van der Waals surface area contributed by atoms with Crippen LogP contribution in [0.2, 0.25) is 0 Å². The second-order valence-electron chi connectivity index (χ2n) is 7.00. The fourth-order valence-electron chi connectivity index (χ4n) is 2.85. The van der Waals surface area contributed by atoms with E-state index in [0.29, 0.717) is 6.54 Å². The summed E-state index contributed by atoms with van der Waals surface area (Å²) >= 11 is 0. The lowest BCUT2D eigenvalue weighted by atomic mass is 9.73. The van der Waals surface area contributed by atoms with E-state index in [4.69, 9.17) is 9.73 Å². The molecule has 1 heterocycles. The molecule has 1 aliphatic rings. The van der Waals surface area contributed by atoms with Gasteiger partial charge in [-0.25, -0.2) is 4.99 Å². The highest BCUT2D eigenvalue weighted by molar-refractivity contribution is 5.95. The lowest BCUT2D eigenvalue weighted by molar-refractivity contribution is -0.0182. The van der Waals surface area contributed by atoms with Crippen LogP contribution in [-0.2, 0) is 11.2 Å². The first kappa shape index (κ1) is 14.8. The number of hydrogen-bond acceptors (Lipinski definition) is 2. The van der Waals surface area contributed by atoms with E-state index >= 15 is 0 Å². The number of rotatable bonds is 3. The van der Waals surface area contributed by atoms with Gasteiger partial charge in [-0.2, -0.15) is 0 Å². The second-order valence-corrected chi connectivity index (χ2v) is 7.00. The maximum atomic E-state index is 6.45. The highest BCUT2D eigenvalue weighted by atomic mass is 16.5. The maximum Gasteiger partial charge on any atom is 0.216 e. The van der Waals surface area contributed by atoms with E-state index in [1.165, 1.54) is 5.56 Å². The molecule has 1 unspecified atom stereocenters. The summed E-state index contributed by atoms with van der Waals surface area (Å²) in [5.41, 5.74) is 2.06. The average molecular weight is 293 g/mol. The van der Waals surface area contributed by atoms with Crippen molar-refractivity contribution in [1.82, 2.24) is 0 Å². The minimum Gasteiger partial charge on any atom is -0.468 e. The van der Waals surface area contributed by atoms with E-state index in [9.17, 15) is 0 Å². The Morgan fingerprint density at radius 3 is 2.14 bits per heavy atom. The summed E-state index contributed by atoms with van der Waals surface area (Å²) < 4.78 is 6.45. The molecule has 0 N–H and O–H groups in total. The van der Waals surface area contributed by atoms with Gasteiger partial charge < -0.3 is 4.74 Å². The molecule has 0 aromatic heterocycles. The predicted molar refractivity (Wildman–Crippen MR) is 91.3 cm³/mol. The van der Waals surface area contributed by atoms with Gasteiger partial charge in [0, 0.05) is 17.4 Å². The van der Waals surface area contributed by atoms with Crippen LogP contribution in [0.5, 0.6) is 0 Å². The highest BCUT2D eigenvalue weighted by Gasteiger charge is 2.48. The van der Waals surface area contributed by atoms with Crippen molar-refractivity contribution in [2.45, 2.75) is 32.8 Å². The Bertz CT molecular complexity index is 655.